The third kappa shape index (κ3) is 5.10. The molecule has 3 aromatic heterocycles. The molecular weight excluding hydrogens is 498 g/mol. The number of aromatic nitrogens is 5. The second kappa shape index (κ2) is 10.3. The van der Waals surface area contributed by atoms with Crippen LogP contribution in [-0.4, -0.2) is 79.1 Å². The molecule has 1 atom stereocenters. The number of oxazole rings is 1. The molecule has 0 spiro atoms. The van der Waals surface area contributed by atoms with E-state index in [2.05, 4.69) is 32.2 Å². The normalized spacial score (nSPS) is 17.5. The lowest BCUT2D eigenvalue weighted by atomic mass is 10.1. The number of carbonyl (C=O) groups is 2. The Morgan fingerprint density at radius 1 is 1.18 bits per heavy atom. The number of likely N-dealkylation sites (tertiary alicyclic amines) is 1. The van der Waals surface area contributed by atoms with Crippen LogP contribution in [-0.2, 0) is 4.79 Å². The third-order valence-electron chi connectivity index (χ3n) is 7.24. The quantitative estimate of drug-likeness (QED) is 0.330. The number of amides is 2. The Bertz CT molecular complexity index is 1520. The lowest BCUT2D eigenvalue weighted by Crippen LogP contribution is -2.28. The summed E-state index contributed by atoms with van der Waals surface area (Å²) in [6.45, 7) is 1.94. The Hall–Kier alpha value is -4.58. The van der Waals surface area contributed by atoms with Crippen molar-refractivity contribution in [3.63, 3.8) is 0 Å². The zero-order valence-corrected chi connectivity index (χ0v) is 21.5. The highest BCUT2D eigenvalue weighted by Crippen LogP contribution is 2.34. The standard InChI is InChI=1S/C27H29N9O3/c1-34(19-8-9-19)12-2-3-21(37)35-13-10-20(15-35)36-25-22(24(28)30-16-31-25)23(33-36)17-4-6-18(7-5-17)26(38)32-27-29-11-14-39-27/h2-7,11,14,16,19-20H,8-10,12-13,15H2,1H3,(H2,28,30,31)(H,29,32,38)/b3-2+. The van der Waals surface area contributed by atoms with Crippen LogP contribution in [0.25, 0.3) is 22.3 Å². The van der Waals surface area contributed by atoms with Crippen molar-refractivity contribution in [2.75, 3.05) is 37.7 Å². The van der Waals surface area contributed by atoms with Gasteiger partial charge in [0.05, 0.1) is 17.6 Å². The molecule has 39 heavy (non-hydrogen) atoms. The van der Waals surface area contributed by atoms with Gasteiger partial charge in [-0.05, 0) is 38.4 Å². The number of fused-ring (bicyclic) bond motifs is 1. The number of nitrogens with one attached hydrogen (secondary N) is 1. The van der Waals surface area contributed by atoms with Gasteiger partial charge >= 0.3 is 6.01 Å². The Balaban J connectivity index is 1.21. The highest BCUT2D eigenvalue weighted by molar-refractivity contribution is 6.04. The van der Waals surface area contributed by atoms with Crippen molar-refractivity contribution in [2.45, 2.75) is 31.3 Å². The van der Waals surface area contributed by atoms with Gasteiger partial charge < -0.3 is 15.1 Å². The summed E-state index contributed by atoms with van der Waals surface area (Å²) in [5.41, 5.74) is 8.71. The molecule has 1 aliphatic heterocycles. The molecule has 0 bridgehead atoms. The fraction of sp³-hybridized carbons (Fsp3) is 0.333. The summed E-state index contributed by atoms with van der Waals surface area (Å²) in [4.78, 5) is 42.0. The van der Waals surface area contributed by atoms with E-state index in [0.717, 1.165) is 18.5 Å². The van der Waals surface area contributed by atoms with Crippen molar-refractivity contribution < 1.29 is 14.0 Å². The molecule has 6 rings (SSSR count). The van der Waals surface area contributed by atoms with Gasteiger partial charge in [-0.25, -0.2) is 19.6 Å². The van der Waals surface area contributed by atoms with E-state index in [4.69, 9.17) is 15.2 Å². The lowest BCUT2D eigenvalue weighted by Gasteiger charge is -2.16. The maximum absolute atomic E-state index is 12.8. The molecule has 4 heterocycles. The first-order valence-corrected chi connectivity index (χ1v) is 12.9. The molecule has 4 aromatic rings. The Morgan fingerprint density at radius 2 is 2.00 bits per heavy atom. The van der Waals surface area contributed by atoms with Crippen LogP contribution in [0.3, 0.4) is 0 Å². The van der Waals surface area contributed by atoms with E-state index < -0.39 is 0 Å². The van der Waals surface area contributed by atoms with Crippen LogP contribution in [0.1, 0.15) is 35.7 Å². The number of rotatable bonds is 8. The molecule has 12 nitrogen and oxygen atoms in total. The predicted octanol–water partition coefficient (Wildman–Crippen LogP) is 2.74. The zero-order valence-electron chi connectivity index (χ0n) is 21.5. The molecule has 1 aliphatic carbocycles. The summed E-state index contributed by atoms with van der Waals surface area (Å²) in [5.74, 6) is -0.0158. The van der Waals surface area contributed by atoms with Crippen LogP contribution in [0.4, 0.5) is 11.8 Å². The van der Waals surface area contributed by atoms with Crippen molar-refractivity contribution >= 4 is 34.7 Å². The second-order valence-corrected chi connectivity index (χ2v) is 9.92. The molecule has 0 radical (unpaired) electrons. The molecule has 1 saturated carbocycles. The van der Waals surface area contributed by atoms with Gasteiger partial charge in [0.1, 0.15) is 24.1 Å². The molecule has 2 amide bonds. The molecule has 200 valence electrons. The van der Waals surface area contributed by atoms with Crippen LogP contribution in [0.15, 0.2) is 59.6 Å². The van der Waals surface area contributed by atoms with E-state index in [-0.39, 0.29) is 23.9 Å². The van der Waals surface area contributed by atoms with Crippen LogP contribution in [0, 0.1) is 0 Å². The van der Waals surface area contributed by atoms with Crippen molar-refractivity contribution in [2.24, 2.45) is 0 Å². The fourth-order valence-electron chi connectivity index (χ4n) is 4.92. The Labute approximate surface area is 224 Å². The molecule has 2 fully saturated rings. The number of carbonyl (C=O) groups excluding carboxylic acids is 2. The Kier molecular flexibility index (Phi) is 6.53. The van der Waals surface area contributed by atoms with Gasteiger partial charge in [0.2, 0.25) is 5.91 Å². The monoisotopic (exact) mass is 527 g/mol. The van der Waals surface area contributed by atoms with Gasteiger partial charge in [-0.15, -0.1) is 0 Å². The van der Waals surface area contributed by atoms with Crippen molar-refractivity contribution in [3.05, 3.63) is 60.8 Å². The molecule has 1 saturated heterocycles. The molecule has 2 aliphatic rings. The molecule has 1 unspecified atom stereocenters. The van der Waals surface area contributed by atoms with Gasteiger partial charge in [0.15, 0.2) is 5.65 Å². The predicted molar refractivity (Wildman–Crippen MR) is 145 cm³/mol. The summed E-state index contributed by atoms with van der Waals surface area (Å²) in [6.07, 6.45) is 11.1. The first kappa shape index (κ1) is 24.7. The number of anilines is 2. The summed E-state index contributed by atoms with van der Waals surface area (Å²) < 4.78 is 6.93. The zero-order chi connectivity index (χ0) is 26.9. The average molecular weight is 528 g/mol. The first-order valence-electron chi connectivity index (χ1n) is 12.9. The summed E-state index contributed by atoms with van der Waals surface area (Å²) >= 11 is 0. The third-order valence-corrected chi connectivity index (χ3v) is 7.24. The second-order valence-electron chi connectivity index (χ2n) is 9.92. The maximum atomic E-state index is 12.8. The minimum atomic E-state index is -0.341. The van der Waals surface area contributed by atoms with Crippen LogP contribution >= 0.6 is 0 Å². The number of benzene rings is 1. The number of nitrogen functional groups attached to an aromatic ring is 1. The van der Waals surface area contributed by atoms with Gasteiger partial charge in [-0.1, -0.05) is 18.2 Å². The smallest absolute Gasteiger partial charge is 0.301 e. The van der Waals surface area contributed by atoms with Gasteiger partial charge in [0.25, 0.3) is 5.91 Å². The number of likely N-dealkylation sites (N-methyl/N-ethyl adjacent to an activating group) is 1. The van der Waals surface area contributed by atoms with E-state index in [1.165, 1.54) is 31.6 Å². The van der Waals surface area contributed by atoms with Crippen LogP contribution in [0.5, 0.6) is 0 Å². The molecule has 1 aromatic carbocycles. The average Bonchev–Trinajstić information content (AvgIpc) is 3.29. The van der Waals surface area contributed by atoms with Gasteiger partial charge in [0, 0.05) is 42.9 Å². The lowest BCUT2D eigenvalue weighted by molar-refractivity contribution is -0.125. The van der Waals surface area contributed by atoms with Gasteiger partial charge in [-0.2, -0.15) is 5.10 Å². The SMILES string of the molecule is CN(C/C=C/C(=O)N1CCC(n2nc(-c3ccc(C(=O)Nc4ncco4)cc3)c3c(N)ncnc32)C1)C1CC1. The van der Waals surface area contributed by atoms with Crippen LogP contribution in [0.2, 0.25) is 0 Å². The van der Waals surface area contributed by atoms with E-state index in [9.17, 15) is 9.59 Å². The fourth-order valence-corrected chi connectivity index (χ4v) is 4.92. The van der Waals surface area contributed by atoms with Gasteiger partial charge in [-0.3, -0.25) is 19.8 Å². The molecule has 12 heteroatoms. The molecular formula is C27H29N9O3. The maximum Gasteiger partial charge on any atom is 0.301 e. The number of nitrogens with zero attached hydrogens (tertiary/aromatic N) is 7. The van der Waals surface area contributed by atoms with E-state index in [1.807, 2.05) is 15.7 Å². The summed E-state index contributed by atoms with van der Waals surface area (Å²) in [5, 5.41) is 8.13. The summed E-state index contributed by atoms with van der Waals surface area (Å²) in [7, 11) is 2.09. The van der Waals surface area contributed by atoms with Crippen LogP contribution < -0.4 is 11.1 Å². The number of hydrogen-bond acceptors (Lipinski definition) is 9. The number of nitrogens with two attached hydrogens (primary N) is 1. The Morgan fingerprint density at radius 3 is 2.74 bits per heavy atom. The van der Waals surface area contributed by atoms with E-state index in [0.29, 0.717) is 47.2 Å². The molecule has 3 N–H and O–H groups in total. The van der Waals surface area contributed by atoms with Crippen molar-refractivity contribution in [1.29, 1.82) is 0 Å². The van der Waals surface area contributed by atoms with E-state index >= 15 is 0 Å². The minimum absolute atomic E-state index is 0.00568. The van der Waals surface area contributed by atoms with Crippen molar-refractivity contribution in [3.8, 4) is 11.3 Å². The topological polar surface area (TPSA) is 148 Å². The van der Waals surface area contributed by atoms with E-state index in [1.54, 1.807) is 30.3 Å². The first-order chi connectivity index (χ1) is 19.0. The highest BCUT2D eigenvalue weighted by atomic mass is 16.4. The number of hydrogen-bond donors (Lipinski definition) is 2. The highest BCUT2D eigenvalue weighted by Gasteiger charge is 2.30. The summed E-state index contributed by atoms with van der Waals surface area (Å²) in [6, 6.07) is 7.73. The largest absolute Gasteiger partial charge is 0.432 e. The minimum Gasteiger partial charge on any atom is -0.432 e. The van der Waals surface area contributed by atoms with Crippen molar-refractivity contribution in [1.82, 2.24) is 34.5 Å².